The average Bonchev–Trinajstić information content (AvgIpc) is 2.64. The van der Waals surface area contributed by atoms with E-state index in [-0.39, 0.29) is 11.9 Å². The number of urea groups is 1. The zero-order valence-electron chi connectivity index (χ0n) is 15.0. The van der Waals surface area contributed by atoms with Crippen molar-refractivity contribution in [3.8, 4) is 0 Å². The summed E-state index contributed by atoms with van der Waals surface area (Å²) in [5.74, 6) is -0.377. The Morgan fingerprint density at radius 3 is 2.19 bits per heavy atom. The largest absolute Gasteiger partial charge is 0.338 e. The summed E-state index contributed by atoms with van der Waals surface area (Å²) in [7, 11) is 0. The molecule has 138 valence electrons. The first kappa shape index (κ1) is 20.1. The van der Waals surface area contributed by atoms with Crippen LogP contribution < -0.4 is 16.0 Å². The molecule has 0 unspecified atom stereocenters. The third-order valence-corrected chi connectivity index (χ3v) is 4.55. The summed E-state index contributed by atoms with van der Waals surface area (Å²) in [4.78, 5) is 24.5. The minimum atomic E-state index is -0.632. The molecular weight excluding hydrogens is 394 g/mol. The van der Waals surface area contributed by atoms with Gasteiger partial charge in [0.05, 0.1) is 0 Å². The molecule has 0 heterocycles. The van der Waals surface area contributed by atoms with Crippen LogP contribution in [0.15, 0.2) is 59.1 Å². The van der Waals surface area contributed by atoms with E-state index in [0.29, 0.717) is 6.54 Å². The van der Waals surface area contributed by atoms with Crippen molar-refractivity contribution < 1.29 is 9.59 Å². The second-order valence-corrected chi connectivity index (χ2v) is 6.79. The van der Waals surface area contributed by atoms with Gasteiger partial charge in [0, 0.05) is 17.1 Å². The smallest absolute Gasteiger partial charge is 0.321 e. The number of imide groups is 1. The molecule has 0 aromatic heterocycles. The molecule has 2 rings (SSSR count). The van der Waals surface area contributed by atoms with Crippen LogP contribution in [0.5, 0.6) is 0 Å². The SMILES string of the molecule is CCNC(=O)NC(=O)[C@@H](N[C@H](CC)c1ccc(Br)cc1)c1ccccc1. The third kappa shape index (κ3) is 5.68. The normalized spacial score (nSPS) is 12.9. The molecule has 26 heavy (non-hydrogen) atoms. The first-order valence-corrected chi connectivity index (χ1v) is 9.49. The fourth-order valence-electron chi connectivity index (χ4n) is 2.70. The summed E-state index contributed by atoms with van der Waals surface area (Å²) < 4.78 is 1.00. The second kappa shape index (κ2) is 10.1. The van der Waals surface area contributed by atoms with Gasteiger partial charge in [-0.2, -0.15) is 0 Å². The molecule has 0 aliphatic rings. The molecule has 0 aliphatic heterocycles. The maximum atomic E-state index is 12.7. The number of halogens is 1. The van der Waals surface area contributed by atoms with Gasteiger partial charge in [-0.3, -0.25) is 15.4 Å². The fourth-order valence-corrected chi connectivity index (χ4v) is 2.97. The summed E-state index contributed by atoms with van der Waals surface area (Å²) in [6, 6.07) is 16.3. The van der Waals surface area contributed by atoms with Gasteiger partial charge in [-0.25, -0.2) is 4.79 Å². The Labute approximate surface area is 162 Å². The summed E-state index contributed by atoms with van der Waals surface area (Å²) in [5, 5.41) is 8.39. The van der Waals surface area contributed by atoms with Crippen LogP contribution in [0.3, 0.4) is 0 Å². The van der Waals surface area contributed by atoms with Crippen LogP contribution in [0.4, 0.5) is 4.79 Å². The lowest BCUT2D eigenvalue weighted by Crippen LogP contribution is -2.45. The number of amides is 3. The Hall–Kier alpha value is -2.18. The van der Waals surface area contributed by atoms with Crippen molar-refractivity contribution in [3.63, 3.8) is 0 Å². The molecule has 3 amide bonds. The predicted octanol–water partition coefficient (Wildman–Crippen LogP) is 4.08. The zero-order chi connectivity index (χ0) is 18.9. The molecule has 0 saturated heterocycles. The van der Waals surface area contributed by atoms with Gasteiger partial charge in [0.2, 0.25) is 5.91 Å². The number of hydrogen-bond donors (Lipinski definition) is 3. The van der Waals surface area contributed by atoms with E-state index in [2.05, 4.69) is 38.8 Å². The molecule has 0 saturated carbocycles. The Morgan fingerprint density at radius 1 is 0.962 bits per heavy atom. The minimum absolute atomic E-state index is 0.0201. The molecule has 0 aliphatic carbocycles. The molecule has 2 aromatic rings. The number of hydrogen-bond acceptors (Lipinski definition) is 3. The third-order valence-electron chi connectivity index (χ3n) is 4.02. The molecule has 0 fully saturated rings. The van der Waals surface area contributed by atoms with Crippen LogP contribution in [0.2, 0.25) is 0 Å². The average molecular weight is 418 g/mol. The van der Waals surface area contributed by atoms with Crippen LogP contribution in [0, 0.1) is 0 Å². The highest BCUT2D eigenvalue weighted by Crippen LogP contribution is 2.24. The second-order valence-electron chi connectivity index (χ2n) is 5.87. The Bertz CT molecular complexity index is 720. The van der Waals surface area contributed by atoms with E-state index in [4.69, 9.17) is 0 Å². The first-order chi connectivity index (χ1) is 12.5. The molecule has 2 aromatic carbocycles. The van der Waals surface area contributed by atoms with Gasteiger partial charge < -0.3 is 5.32 Å². The van der Waals surface area contributed by atoms with Gasteiger partial charge >= 0.3 is 6.03 Å². The van der Waals surface area contributed by atoms with Crippen molar-refractivity contribution in [3.05, 3.63) is 70.2 Å². The highest BCUT2D eigenvalue weighted by molar-refractivity contribution is 9.10. The highest BCUT2D eigenvalue weighted by Gasteiger charge is 2.25. The molecule has 0 spiro atoms. The Balaban J connectivity index is 2.23. The van der Waals surface area contributed by atoms with Crippen LogP contribution in [-0.2, 0) is 4.79 Å². The lowest BCUT2D eigenvalue weighted by molar-refractivity contribution is -0.122. The summed E-state index contributed by atoms with van der Waals surface area (Å²) in [5.41, 5.74) is 1.90. The predicted molar refractivity (Wildman–Crippen MR) is 107 cm³/mol. The maximum absolute atomic E-state index is 12.7. The highest BCUT2D eigenvalue weighted by atomic mass is 79.9. The van der Waals surface area contributed by atoms with Crippen LogP contribution in [-0.4, -0.2) is 18.5 Å². The van der Waals surface area contributed by atoms with Gasteiger partial charge in [-0.1, -0.05) is 65.3 Å². The van der Waals surface area contributed by atoms with E-state index in [1.807, 2.05) is 54.6 Å². The Kier molecular flexibility index (Phi) is 7.81. The van der Waals surface area contributed by atoms with Gasteiger partial charge in [-0.05, 0) is 36.6 Å². The molecule has 3 N–H and O–H groups in total. The topological polar surface area (TPSA) is 70.2 Å². The zero-order valence-corrected chi connectivity index (χ0v) is 16.5. The quantitative estimate of drug-likeness (QED) is 0.635. The van der Waals surface area contributed by atoms with Crippen molar-refractivity contribution in [2.75, 3.05) is 6.54 Å². The van der Waals surface area contributed by atoms with E-state index in [1.54, 1.807) is 6.92 Å². The van der Waals surface area contributed by atoms with E-state index < -0.39 is 12.1 Å². The summed E-state index contributed by atoms with van der Waals surface area (Å²) in [6.45, 7) is 4.32. The molecule has 6 heteroatoms. The molecule has 0 radical (unpaired) electrons. The van der Waals surface area contributed by atoms with Crippen molar-refractivity contribution in [2.45, 2.75) is 32.4 Å². The van der Waals surface area contributed by atoms with E-state index in [1.165, 1.54) is 0 Å². The van der Waals surface area contributed by atoms with Crippen LogP contribution >= 0.6 is 15.9 Å². The lowest BCUT2D eigenvalue weighted by atomic mass is 10.00. The monoisotopic (exact) mass is 417 g/mol. The maximum Gasteiger partial charge on any atom is 0.321 e. The fraction of sp³-hybridized carbons (Fsp3) is 0.300. The van der Waals surface area contributed by atoms with Crippen molar-refractivity contribution >= 4 is 27.9 Å². The van der Waals surface area contributed by atoms with Gasteiger partial charge in [0.25, 0.3) is 0 Å². The molecule has 5 nitrogen and oxygen atoms in total. The first-order valence-electron chi connectivity index (χ1n) is 8.70. The van der Waals surface area contributed by atoms with Crippen molar-refractivity contribution in [1.82, 2.24) is 16.0 Å². The number of carbonyl (C=O) groups is 2. The minimum Gasteiger partial charge on any atom is -0.338 e. The van der Waals surface area contributed by atoms with Gasteiger partial charge in [0.1, 0.15) is 6.04 Å². The van der Waals surface area contributed by atoms with Gasteiger partial charge in [-0.15, -0.1) is 0 Å². The number of benzene rings is 2. The van der Waals surface area contributed by atoms with E-state index >= 15 is 0 Å². The Morgan fingerprint density at radius 2 is 1.62 bits per heavy atom. The summed E-state index contributed by atoms with van der Waals surface area (Å²) >= 11 is 3.44. The number of carbonyl (C=O) groups excluding carboxylic acids is 2. The number of nitrogens with one attached hydrogen (secondary N) is 3. The molecule has 2 atom stereocenters. The van der Waals surface area contributed by atoms with E-state index in [0.717, 1.165) is 22.0 Å². The van der Waals surface area contributed by atoms with Crippen molar-refractivity contribution in [2.24, 2.45) is 0 Å². The molecular formula is C20H24BrN3O2. The van der Waals surface area contributed by atoms with Crippen LogP contribution in [0.1, 0.15) is 43.5 Å². The van der Waals surface area contributed by atoms with E-state index in [9.17, 15) is 9.59 Å². The van der Waals surface area contributed by atoms with Gasteiger partial charge in [0.15, 0.2) is 0 Å². The summed E-state index contributed by atoms with van der Waals surface area (Å²) in [6.07, 6.45) is 0.805. The lowest BCUT2D eigenvalue weighted by Gasteiger charge is -2.25. The van der Waals surface area contributed by atoms with Crippen molar-refractivity contribution in [1.29, 1.82) is 0 Å². The number of rotatable bonds is 7. The van der Waals surface area contributed by atoms with Crippen LogP contribution in [0.25, 0.3) is 0 Å². The molecule has 0 bridgehead atoms. The standard InChI is InChI=1S/C20H24BrN3O2/c1-3-17(14-10-12-16(21)13-11-14)23-18(15-8-6-5-7-9-15)19(25)24-20(26)22-4-2/h5-13,17-18,23H,3-4H2,1-2H3,(H2,22,24,25,26)/t17-,18+/m1/s1.